The maximum Gasteiger partial charge on any atom is 0.416 e. The van der Waals surface area contributed by atoms with Crippen LogP contribution >= 0.6 is 0 Å². The molecule has 0 bridgehead atoms. The van der Waals surface area contributed by atoms with Crippen molar-refractivity contribution in [2.75, 3.05) is 13.1 Å². The predicted octanol–water partition coefficient (Wildman–Crippen LogP) is 4.27. The number of nitrogens with zero attached hydrogens (tertiary/aromatic N) is 5. The summed E-state index contributed by atoms with van der Waals surface area (Å²) in [7, 11) is 1.86. The van der Waals surface area contributed by atoms with Crippen molar-refractivity contribution in [3.63, 3.8) is 0 Å². The zero-order chi connectivity index (χ0) is 23.3. The summed E-state index contributed by atoms with van der Waals surface area (Å²) in [5.41, 5.74) is 1.74. The Labute approximate surface area is 186 Å². The third kappa shape index (κ3) is 3.96. The number of hydrogen-bond donors (Lipinski definition) is 0. The van der Waals surface area contributed by atoms with Gasteiger partial charge in [-0.3, -0.25) is 9.48 Å². The number of aryl methyl sites for hydroxylation is 2. The van der Waals surface area contributed by atoms with E-state index >= 15 is 0 Å². The molecule has 0 radical (unpaired) electrons. The van der Waals surface area contributed by atoms with Crippen LogP contribution in [-0.4, -0.2) is 43.8 Å². The number of likely N-dealkylation sites (tertiary alicyclic amines) is 1. The minimum absolute atomic E-state index is 0.123. The van der Waals surface area contributed by atoms with Gasteiger partial charge in [0.1, 0.15) is 0 Å². The van der Waals surface area contributed by atoms with Crippen molar-refractivity contribution < 1.29 is 22.5 Å². The van der Waals surface area contributed by atoms with Crippen LogP contribution in [0.3, 0.4) is 0 Å². The quantitative estimate of drug-likeness (QED) is 0.460. The second kappa shape index (κ2) is 7.72. The van der Waals surface area contributed by atoms with Crippen LogP contribution < -0.4 is 0 Å². The molecule has 5 rings (SSSR count). The normalized spacial score (nSPS) is 14.6. The zero-order valence-corrected chi connectivity index (χ0v) is 17.9. The first-order valence-corrected chi connectivity index (χ1v) is 10.4. The molecule has 0 atom stereocenters. The standard InChI is InChI=1S/C23H20F3N5O2/c1-13-20-18(22(32)31-11-15(12-31)6-14-9-27-30(2)10-14)8-19(28-21(20)33-29-13)16-4-3-5-17(7-16)23(24,25)26/h3-5,7-10,15H,6,11-12H2,1-2H3. The second-order valence-corrected chi connectivity index (χ2v) is 8.38. The van der Waals surface area contributed by atoms with Crippen LogP contribution in [0.4, 0.5) is 13.2 Å². The van der Waals surface area contributed by atoms with Gasteiger partial charge in [-0.05, 0) is 43.0 Å². The summed E-state index contributed by atoms with van der Waals surface area (Å²) in [5.74, 6) is 0.103. The molecule has 0 N–H and O–H groups in total. The van der Waals surface area contributed by atoms with Crippen LogP contribution in [0.25, 0.3) is 22.4 Å². The van der Waals surface area contributed by atoms with E-state index in [2.05, 4.69) is 15.2 Å². The number of benzene rings is 1. The van der Waals surface area contributed by atoms with Gasteiger partial charge in [0.15, 0.2) is 0 Å². The van der Waals surface area contributed by atoms with Gasteiger partial charge >= 0.3 is 6.18 Å². The molecular weight excluding hydrogens is 435 g/mol. The van der Waals surface area contributed by atoms with Crippen LogP contribution in [0.15, 0.2) is 47.2 Å². The summed E-state index contributed by atoms with van der Waals surface area (Å²) in [4.78, 5) is 19.4. The second-order valence-electron chi connectivity index (χ2n) is 8.38. The Bertz CT molecular complexity index is 1350. The molecule has 1 aliphatic heterocycles. The molecule has 1 aliphatic rings. The van der Waals surface area contributed by atoms with E-state index in [1.165, 1.54) is 18.2 Å². The molecule has 4 heterocycles. The molecule has 1 fully saturated rings. The molecular formula is C23H20F3N5O2. The van der Waals surface area contributed by atoms with Gasteiger partial charge in [0.25, 0.3) is 11.6 Å². The van der Waals surface area contributed by atoms with E-state index in [0.717, 1.165) is 24.1 Å². The molecule has 0 aliphatic carbocycles. The van der Waals surface area contributed by atoms with Crippen LogP contribution in [-0.2, 0) is 19.6 Å². The highest BCUT2D eigenvalue weighted by Gasteiger charge is 2.34. The molecule has 7 nitrogen and oxygen atoms in total. The molecule has 1 aromatic carbocycles. The molecule has 0 spiro atoms. The number of carbonyl (C=O) groups is 1. The van der Waals surface area contributed by atoms with E-state index in [1.54, 1.807) is 16.5 Å². The summed E-state index contributed by atoms with van der Waals surface area (Å²) in [6.45, 7) is 2.87. The highest BCUT2D eigenvalue weighted by atomic mass is 19.4. The van der Waals surface area contributed by atoms with Crippen LogP contribution in [0.1, 0.15) is 27.2 Å². The van der Waals surface area contributed by atoms with E-state index in [-0.39, 0.29) is 22.9 Å². The third-order valence-electron chi connectivity index (χ3n) is 5.86. The maximum atomic E-state index is 13.3. The van der Waals surface area contributed by atoms with Gasteiger partial charge in [0, 0.05) is 31.9 Å². The Morgan fingerprint density at radius 3 is 2.73 bits per heavy atom. The molecule has 33 heavy (non-hydrogen) atoms. The van der Waals surface area contributed by atoms with Crippen molar-refractivity contribution >= 4 is 17.0 Å². The van der Waals surface area contributed by atoms with Crippen molar-refractivity contribution in [1.82, 2.24) is 24.8 Å². The number of pyridine rings is 1. The lowest BCUT2D eigenvalue weighted by Crippen LogP contribution is -2.50. The van der Waals surface area contributed by atoms with E-state index < -0.39 is 11.7 Å². The van der Waals surface area contributed by atoms with E-state index in [9.17, 15) is 18.0 Å². The number of fused-ring (bicyclic) bond motifs is 1. The van der Waals surface area contributed by atoms with Crippen LogP contribution in [0, 0.1) is 12.8 Å². The Morgan fingerprint density at radius 1 is 1.24 bits per heavy atom. The molecule has 0 unspecified atom stereocenters. The lowest BCUT2D eigenvalue weighted by Gasteiger charge is -2.39. The number of aromatic nitrogens is 4. The first-order valence-electron chi connectivity index (χ1n) is 10.4. The Balaban J connectivity index is 1.44. The highest BCUT2D eigenvalue weighted by Crippen LogP contribution is 2.34. The number of halogens is 3. The topological polar surface area (TPSA) is 77.1 Å². The van der Waals surface area contributed by atoms with E-state index in [1.807, 2.05) is 19.4 Å². The molecule has 4 aromatic rings. The number of rotatable bonds is 4. The zero-order valence-electron chi connectivity index (χ0n) is 17.9. The number of amides is 1. The lowest BCUT2D eigenvalue weighted by atomic mass is 9.92. The molecule has 1 saturated heterocycles. The largest absolute Gasteiger partial charge is 0.416 e. The number of hydrogen-bond acceptors (Lipinski definition) is 5. The summed E-state index contributed by atoms with van der Waals surface area (Å²) >= 11 is 0. The average molecular weight is 455 g/mol. The van der Waals surface area contributed by atoms with E-state index in [0.29, 0.717) is 35.7 Å². The van der Waals surface area contributed by atoms with Gasteiger partial charge in [-0.1, -0.05) is 17.3 Å². The van der Waals surface area contributed by atoms with Crippen molar-refractivity contribution in [1.29, 1.82) is 0 Å². The summed E-state index contributed by atoms with van der Waals surface area (Å²) < 4.78 is 46.6. The lowest BCUT2D eigenvalue weighted by molar-refractivity contribution is -0.137. The molecule has 0 saturated carbocycles. The van der Waals surface area contributed by atoms with Crippen LogP contribution in [0.5, 0.6) is 0 Å². The van der Waals surface area contributed by atoms with Crippen molar-refractivity contribution in [3.8, 4) is 11.3 Å². The smallest absolute Gasteiger partial charge is 0.338 e. The van der Waals surface area contributed by atoms with Crippen LogP contribution in [0.2, 0.25) is 0 Å². The fourth-order valence-corrected chi connectivity index (χ4v) is 4.21. The minimum Gasteiger partial charge on any atom is -0.338 e. The van der Waals surface area contributed by atoms with Gasteiger partial charge in [0.05, 0.1) is 34.1 Å². The number of carbonyl (C=O) groups excluding carboxylic acids is 1. The summed E-state index contributed by atoms with van der Waals surface area (Å²) in [6.07, 6.45) is 0.116. The first-order chi connectivity index (χ1) is 15.7. The van der Waals surface area contributed by atoms with Gasteiger partial charge in [0.2, 0.25) is 0 Å². The fraction of sp³-hybridized carbons (Fsp3) is 0.304. The van der Waals surface area contributed by atoms with Gasteiger partial charge < -0.3 is 9.42 Å². The Hall–Kier alpha value is -3.69. The van der Waals surface area contributed by atoms with Crippen molar-refractivity contribution in [2.24, 2.45) is 13.0 Å². The van der Waals surface area contributed by atoms with Crippen molar-refractivity contribution in [3.05, 3.63) is 65.1 Å². The number of alkyl halides is 3. The SMILES string of the molecule is Cc1noc2nc(-c3cccc(C(F)(F)F)c3)cc(C(=O)N3CC(Cc4cnn(C)c4)C3)c12. The predicted molar refractivity (Wildman–Crippen MR) is 113 cm³/mol. The molecule has 170 valence electrons. The van der Waals surface area contributed by atoms with Crippen molar-refractivity contribution in [2.45, 2.75) is 19.5 Å². The summed E-state index contributed by atoms with van der Waals surface area (Å²) in [6, 6.07) is 6.37. The fourth-order valence-electron chi connectivity index (χ4n) is 4.21. The van der Waals surface area contributed by atoms with Gasteiger partial charge in [-0.15, -0.1) is 0 Å². The molecule has 10 heteroatoms. The van der Waals surface area contributed by atoms with Gasteiger partial charge in [-0.2, -0.15) is 18.3 Å². The Kier molecular flexibility index (Phi) is 4.95. The average Bonchev–Trinajstić information content (AvgIpc) is 3.34. The van der Waals surface area contributed by atoms with Gasteiger partial charge in [-0.25, -0.2) is 4.98 Å². The highest BCUT2D eigenvalue weighted by molar-refractivity contribution is 6.07. The molecule has 1 amide bonds. The summed E-state index contributed by atoms with van der Waals surface area (Å²) in [5, 5.41) is 8.56. The maximum absolute atomic E-state index is 13.3. The first kappa shape index (κ1) is 21.2. The van der Waals surface area contributed by atoms with E-state index in [4.69, 9.17) is 4.52 Å². The Morgan fingerprint density at radius 2 is 2.03 bits per heavy atom. The third-order valence-corrected chi connectivity index (χ3v) is 5.86. The monoisotopic (exact) mass is 455 g/mol. The molecule has 3 aromatic heterocycles. The minimum atomic E-state index is -4.48.